The van der Waals surface area contributed by atoms with Crippen molar-refractivity contribution in [2.24, 2.45) is 0 Å². The molecule has 0 heterocycles. The molecule has 0 aliphatic rings. The average Bonchev–Trinajstić information content (AvgIpc) is 2.52. The van der Waals surface area contributed by atoms with Crippen molar-refractivity contribution in [2.45, 2.75) is 38.3 Å². The summed E-state index contributed by atoms with van der Waals surface area (Å²) in [6.07, 6.45) is -6.15. The lowest BCUT2D eigenvalue weighted by molar-refractivity contribution is -0.112. The third kappa shape index (κ3) is 4.02. The summed E-state index contributed by atoms with van der Waals surface area (Å²) in [7, 11) is 0. The number of hydrogen-bond acceptors (Lipinski definition) is 6. The molecular formula is C15H21FO6. The number of halogens is 1. The second kappa shape index (κ2) is 7.66. The van der Waals surface area contributed by atoms with E-state index in [1.165, 1.54) is 12.1 Å². The summed E-state index contributed by atoms with van der Waals surface area (Å²) in [5.41, 5.74) is 1.36. The minimum absolute atomic E-state index is 0.382. The van der Waals surface area contributed by atoms with E-state index in [0.29, 0.717) is 16.7 Å². The van der Waals surface area contributed by atoms with Crippen molar-refractivity contribution in [1.82, 2.24) is 0 Å². The summed E-state index contributed by atoms with van der Waals surface area (Å²) in [4.78, 5) is 0. The fourth-order valence-corrected chi connectivity index (χ4v) is 1.91. The van der Waals surface area contributed by atoms with E-state index in [2.05, 4.69) is 0 Å². The van der Waals surface area contributed by atoms with Gasteiger partial charge in [-0.15, -0.1) is 0 Å². The lowest BCUT2D eigenvalue weighted by Gasteiger charge is -2.25. The van der Waals surface area contributed by atoms with E-state index in [0.717, 1.165) is 6.08 Å². The number of benzene rings is 1. The van der Waals surface area contributed by atoms with Crippen LogP contribution in [0.1, 0.15) is 16.7 Å². The molecule has 1 aromatic carbocycles. The quantitative estimate of drug-likeness (QED) is 0.404. The van der Waals surface area contributed by atoms with E-state index in [4.69, 9.17) is 5.11 Å². The minimum atomic E-state index is -1.90. The first-order chi connectivity index (χ1) is 10.2. The highest BCUT2D eigenvalue weighted by Gasteiger charge is 2.32. The first-order valence-electron chi connectivity index (χ1n) is 6.70. The highest BCUT2D eigenvalue weighted by Crippen LogP contribution is 2.20. The summed E-state index contributed by atoms with van der Waals surface area (Å²) in [6, 6.07) is 2.60. The zero-order valence-electron chi connectivity index (χ0n) is 12.3. The Balaban J connectivity index is 2.99. The molecule has 0 radical (unpaired) electrons. The third-order valence-corrected chi connectivity index (χ3v) is 3.62. The monoisotopic (exact) mass is 316 g/mol. The maximum absolute atomic E-state index is 13.4. The van der Waals surface area contributed by atoms with Crippen LogP contribution in [0.3, 0.4) is 0 Å². The Kier molecular flexibility index (Phi) is 6.46. The first kappa shape index (κ1) is 18.5. The van der Waals surface area contributed by atoms with Crippen molar-refractivity contribution >= 4 is 6.08 Å². The van der Waals surface area contributed by atoms with E-state index in [1.54, 1.807) is 13.8 Å². The van der Waals surface area contributed by atoms with Crippen LogP contribution >= 0.6 is 0 Å². The fraction of sp³-hybridized carbons (Fsp3) is 0.467. The molecule has 124 valence electrons. The van der Waals surface area contributed by atoms with E-state index < -0.39 is 42.6 Å². The molecule has 4 unspecified atom stereocenters. The summed E-state index contributed by atoms with van der Waals surface area (Å²) in [6.45, 7) is 2.38. The van der Waals surface area contributed by atoms with E-state index in [1.807, 2.05) is 0 Å². The van der Waals surface area contributed by atoms with Crippen molar-refractivity contribution in [3.05, 3.63) is 40.4 Å². The Bertz CT molecular complexity index is 545. The standard InChI is InChI=1S/C15H21FO6/c1-7-8(2)10(16)4-3-9(7)5-11(18)13(20)15(22)14(21)12(19)6-17/h3-5,12-15,17-22H,6H2,1-2H3. The molecule has 0 spiro atoms. The van der Waals surface area contributed by atoms with Crippen LogP contribution in [-0.2, 0) is 0 Å². The first-order valence-corrected chi connectivity index (χ1v) is 6.70. The zero-order chi connectivity index (χ0) is 17.0. The average molecular weight is 316 g/mol. The fourth-order valence-electron chi connectivity index (χ4n) is 1.91. The molecule has 1 aromatic rings. The van der Waals surface area contributed by atoms with Crippen molar-refractivity contribution in [1.29, 1.82) is 0 Å². The zero-order valence-corrected chi connectivity index (χ0v) is 12.3. The molecule has 0 aromatic heterocycles. The molecule has 0 saturated carbocycles. The second-order valence-corrected chi connectivity index (χ2v) is 5.13. The van der Waals surface area contributed by atoms with Gasteiger partial charge in [0.1, 0.15) is 36.0 Å². The SMILES string of the molecule is Cc1c(F)ccc(C=C(O)C(O)C(O)C(O)C(O)CO)c1C. The lowest BCUT2D eigenvalue weighted by atomic mass is 9.98. The van der Waals surface area contributed by atoms with Gasteiger partial charge < -0.3 is 30.6 Å². The predicted octanol–water partition coefficient (Wildman–Crippen LogP) is -0.223. The van der Waals surface area contributed by atoms with Gasteiger partial charge in [0.25, 0.3) is 0 Å². The van der Waals surface area contributed by atoms with Crippen LogP contribution in [0.15, 0.2) is 17.9 Å². The maximum atomic E-state index is 13.4. The van der Waals surface area contributed by atoms with Crippen LogP contribution < -0.4 is 0 Å². The van der Waals surface area contributed by atoms with Crippen LogP contribution in [0.4, 0.5) is 4.39 Å². The number of hydrogen-bond donors (Lipinski definition) is 6. The van der Waals surface area contributed by atoms with Crippen LogP contribution in [0, 0.1) is 19.7 Å². The van der Waals surface area contributed by atoms with Gasteiger partial charge in [-0.25, -0.2) is 4.39 Å². The molecular weight excluding hydrogens is 295 g/mol. The van der Waals surface area contributed by atoms with E-state index in [9.17, 15) is 29.9 Å². The van der Waals surface area contributed by atoms with Gasteiger partial charge in [0.05, 0.1) is 6.61 Å². The predicted molar refractivity (Wildman–Crippen MR) is 77.6 cm³/mol. The van der Waals surface area contributed by atoms with Crippen LogP contribution in [0.2, 0.25) is 0 Å². The minimum Gasteiger partial charge on any atom is -0.509 e. The van der Waals surface area contributed by atoms with Crippen molar-refractivity contribution in [3.8, 4) is 0 Å². The molecule has 0 bridgehead atoms. The molecule has 1 rings (SSSR count). The Morgan fingerprint density at radius 3 is 2.23 bits per heavy atom. The molecule has 22 heavy (non-hydrogen) atoms. The number of aliphatic hydroxyl groups is 6. The van der Waals surface area contributed by atoms with Gasteiger partial charge in [0.2, 0.25) is 0 Å². The molecule has 0 fully saturated rings. The molecule has 6 nitrogen and oxygen atoms in total. The normalized spacial score (nSPS) is 17.9. The van der Waals surface area contributed by atoms with E-state index in [-0.39, 0.29) is 0 Å². The second-order valence-electron chi connectivity index (χ2n) is 5.13. The Morgan fingerprint density at radius 2 is 1.68 bits per heavy atom. The van der Waals surface area contributed by atoms with Crippen molar-refractivity contribution in [3.63, 3.8) is 0 Å². The van der Waals surface area contributed by atoms with Gasteiger partial charge in [0.15, 0.2) is 0 Å². The van der Waals surface area contributed by atoms with Crippen molar-refractivity contribution in [2.75, 3.05) is 6.61 Å². The smallest absolute Gasteiger partial charge is 0.139 e. The van der Waals surface area contributed by atoms with Gasteiger partial charge in [0, 0.05) is 0 Å². The Morgan fingerprint density at radius 1 is 1.09 bits per heavy atom. The molecule has 0 saturated heterocycles. The Labute approximate surface area is 127 Å². The van der Waals surface area contributed by atoms with Gasteiger partial charge in [-0.3, -0.25) is 0 Å². The molecule has 6 N–H and O–H groups in total. The Hall–Kier alpha value is -1.51. The van der Waals surface area contributed by atoms with Gasteiger partial charge in [-0.1, -0.05) is 6.07 Å². The molecule has 0 aliphatic carbocycles. The topological polar surface area (TPSA) is 121 Å². The number of aliphatic hydroxyl groups excluding tert-OH is 6. The summed E-state index contributed by atoms with van der Waals surface area (Å²) in [5.74, 6) is -1.07. The maximum Gasteiger partial charge on any atom is 0.139 e. The summed E-state index contributed by atoms with van der Waals surface area (Å²) < 4.78 is 13.4. The van der Waals surface area contributed by atoms with Crippen LogP contribution in [-0.4, -0.2) is 61.7 Å². The summed E-state index contributed by atoms with van der Waals surface area (Å²) in [5, 5.41) is 56.7. The van der Waals surface area contributed by atoms with Gasteiger partial charge >= 0.3 is 0 Å². The molecule has 0 aliphatic heterocycles. The van der Waals surface area contributed by atoms with Crippen LogP contribution in [0.5, 0.6) is 0 Å². The largest absolute Gasteiger partial charge is 0.509 e. The summed E-state index contributed by atoms with van der Waals surface area (Å²) >= 11 is 0. The lowest BCUT2D eigenvalue weighted by Crippen LogP contribution is -2.46. The highest BCUT2D eigenvalue weighted by atomic mass is 19.1. The number of rotatable bonds is 6. The van der Waals surface area contributed by atoms with Gasteiger partial charge in [-0.05, 0) is 42.7 Å². The third-order valence-electron chi connectivity index (χ3n) is 3.62. The van der Waals surface area contributed by atoms with Gasteiger partial charge in [-0.2, -0.15) is 0 Å². The molecule has 0 amide bonds. The molecule has 7 heteroatoms. The molecule has 4 atom stereocenters. The highest BCUT2D eigenvalue weighted by molar-refractivity contribution is 5.57. The van der Waals surface area contributed by atoms with Crippen molar-refractivity contribution < 1.29 is 35.0 Å². The van der Waals surface area contributed by atoms with E-state index >= 15 is 0 Å². The van der Waals surface area contributed by atoms with Crippen LogP contribution in [0.25, 0.3) is 6.08 Å².